The molecule has 0 bridgehead atoms. The molecular weight excluding hydrogens is 280 g/mol. The van der Waals surface area contributed by atoms with Gasteiger partial charge in [0.15, 0.2) is 0 Å². The lowest BCUT2D eigenvalue weighted by Gasteiger charge is -2.27. The van der Waals surface area contributed by atoms with Gasteiger partial charge in [-0.2, -0.15) is 0 Å². The first-order chi connectivity index (χ1) is 10.7. The summed E-state index contributed by atoms with van der Waals surface area (Å²) in [6.07, 6.45) is 3.83. The molecule has 1 saturated carbocycles. The molecule has 1 aromatic carbocycles. The van der Waals surface area contributed by atoms with E-state index in [0.717, 1.165) is 25.7 Å². The predicted octanol–water partition coefficient (Wildman–Crippen LogP) is 2.10. The molecule has 0 aliphatic heterocycles. The summed E-state index contributed by atoms with van der Waals surface area (Å²) in [6, 6.07) is 7.82. The number of amides is 1. The van der Waals surface area contributed by atoms with Gasteiger partial charge in [0.1, 0.15) is 12.4 Å². The van der Waals surface area contributed by atoms with Crippen molar-refractivity contribution in [2.24, 2.45) is 5.73 Å². The Bertz CT molecular complexity index is 471. The molecule has 5 nitrogen and oxygen atoms in total. The summed E-state index contributed by atoms with van der Waals surface area (Å²) < 4.78 is 10.9. The smallest absolute Gasteiger partial charge is 0.255 e. The molecule has 0 radical (unpaired) electrons. The van der Waals surface area contributed by atoms with Crippen molar-refractivity contribution in [3.63, 3.8) is 0 Å². The van der Waals surface area contributed by atoms with Crippen LogP contribution in [0.3, 0.4) is 0 Å². The normalized spacial score (nSPS) is 21.4. The maximum atomic E-state index is 12.5. The van der Waals surface area contributed by atoms with Crippen LogP contribution in [0.25, 0.3) is 0 Å². The molecule has 1 aromatic rings. The van der Waals surface area contributed by atoms with Crippen LogP contribution in [-0.2, 0) is 4.74 Å². The summed E-state index contributed by atoms with van der Waals surface area (Å²) in [5.41, 5.74) is 6.48. The molecule has 122 valence electrons. The molecule has 0 unspecified atom stereocenters. The molecule has 1 fully saturated rings. The van der Waals surface area contributed by atoms with Gasteiger partial charge in [-0.25, -0.2) is 0 Å². The van der Waals surface area contributed by atoms with E-state index in [2.05, 4.69) is 5.32 Å². The Kier molecular flexibility index (Phi) is 6.68. The molecule has 2 rings (SSSR count). The van der Waals surface area contributed by atoms with E-state index in [1.54, 1.807) is 6.07 Å². The van der Waals surface area contributed by atoms with Gasteiger partial charge in [0.2, 0.25) is 0 Å². The van der Waals surface area contributed by atoms with Gasteiger partial charge in [-0.15, -0.1) is 0 Å². The van der Waals surface area contributed by atoms with Gasteiger partial charge in [-0.3, -0.25) is 4.79 Å². The van der Waals surface area contributed by atoms with E-state index < -0.39 is 0 Å². The van der Waals surface area contributed by atoms with E-state index in [9.17, 15) is 4.79 Å². The summed E-state index contributed by atoms with van der Waals surface area (Å²) in [5.74, 6) is 0.527. The molecule has 0 spiro atoms. The molecule has 1 amide bonds. The Labute approximate surface area is 132 Å². The SMILES string of the molecule is CCOCCOc1ccccc1C(=O)NC1CCC(N)CC1. The fourth-order valence-electron chi connectivity index (χ4n) is 2.66. The number of nitrogens with one attached hydrogen (secondary N) is 1. The lowest BCUT2D eigenvalue weighted by atomic mass is 9.91. The van der Waals surface area contributed by atoms with Gasteiger partial charge >= 0.3 is 0 Å². The number of hydrogen-bond acceptors (Lipinski definition) is 4. The molecule has 3 N–H and O–H groups in total. The van der Waals surface area contributed by atoms with E-state index in [0.29, 0.717) is 31.1 Å². The van der Waals surface area contributed by atoms with Crippen molar-refractivity contribution in [1.29, 1.82) is 0 Å². The van der Waals surface area contributed by atoms with Crippen molar-refractivity contribution in [1.82, 2.24) is 5.32 Å². The summed E-state index contributed by atoms with van der Waals surface area (Å²) in [6.45, 7) is 3.57. The Balaban J connectivity index is 1.91. The summed E-state index contributed by atoms with van der Waals surface area (Å²) in [7, 11) is 0. The minimum atomic E-state index is -0.0764. The van der Waals surface area contributed by atoms with Crippen LogP contribution in [0.2, 0.25) is 0 Å². The molecule has 0 aromatic heterocycles. The Morgan fingerprint density at radius 3 is 2.68 bits per heavy atom. The minimum Gasteiger partial charge on any atom is -0.490 e. The largest absolute Gasteiger partial charge is 0.490 e. The second kappa shape index (κ2) is 8.76. The number of rotatable bonds is 7. The minimum absolute atomic E-state index is 0.0764. The molecular formula is C17H26N2O3. The van der Waals surface area contributed by atoms with Gasteiger partial charge in [0.25, 0.3) is 5.91 Å². The third-order valence-electron chi connectivity index (χ3n) is 3.93. The predicted molar refractivity (Wildman–Crippen MR) is 86.1 cm³/mol. The standard InChI is InChI=1S/C17H26N2O3/c1-2-21-11-12-22-16-6-4-3-5-15(16)17(20)19-14-9-7-13(18)8-10-14/h3-6,13-14H,2,7-12,18H2,1H3,(H,19,20). The summed E-state index contributed by atoms with van der Waals surface area (Å²) in [4.78, 5) is 12.5. The molecule has 0 atom stereocenters. The van der Waals surface area contributed by atoms with Crippen molar-refractivity contribution in [3.05, 3.63) is 29.8 Å². The molecule has 1 aliphatic rings. The van der Waals surface area contributed by atoms with Gasteiger partial charge in [-0.1, -0.05) is 12.1 Å². The third-order valence-corrected chi connectivity index (χ3v) is 3.93. The quantitative estimate of drug-likeness (QED) is 0.757. The van der Waals surface area contributed by atoms with Crippen molar-refractivity contribution in [2.75, 3.05) is 19.8 Å². The average Bonchev–Trinajstić information content (AvgIpc) is 2.54. The van der Waals surface area contributed by atoms with Crippen LogP contribution in [-0.4, -0.2) is 37.8 Å². The summed E-state index contributed by atoms with van der Waals surface area (Å²) in [5, 5.41) is 3.09. The second-order valence-electron chi connectivity index (χ2n) is 5.63. The van der Waals surface area contributed by atoms with Crippen LogP contribution in [0, 0.1) is 0 Å². The zero-order valence-corrected chi connectivity index (χ0v) is 13.2. The fraction of sp³-hybridized carbons (Fsp3) is 0.588. The lowest BCUT2D eigenvalue weighted by Crippen LogP contribution is -2.40. The highest BCUT2D eigenvalue weighted by molar-refractivity contribution is 5.97. The first-order valence-corrected chi connectivity index (χ1v) is 8.06. The van der Waals surface area contributed by atoms with E-state index in [-0.39, 0.29) is 18.0 Å². The van der Waals surface area contributed by atoms with Crippen molar-refractivity contribution in [2.45, 2.75) is 44.7 Å². The number of carbonyl (C=O) groups excluding carboxylic acids is 1. The average molecular weight is 306 g/mol. The first kappa shape index (κ1) is 16.8. The third kappa shape index (κ3) is 5.00. The zero-order chi connectivity index (χ0) is 15.8. The number of nitrogens with two attached hydrogens (primary N) is 1. The topological polar surface area (TPSA) is 73.6 Å². The van der Waals surface area contributed by atoms with Crippen molar-refractivity contribution < 1.29 is 14.3 Å². The fourth-order valence-corrected chi connectivity index (χ4v) is 2.66. The van der Waals surface area contributed by atoms with Gasteiger partial charge < -0.3 is 20.5 Å². The van der Waals surface area contributed by atoms with E-state index in [1.807, 2.05) is 25.1 Å². The maximum absolute atomic E-state index is 12.5. The van der Waals surface area contributed by atoms with Crippen LogP contribution in [0.1, 0.15) is 43.0 Å². The highest BCUT2D eigenvalue weighted by Crippen LogP contribution is 2.21. The number of ether oxygens (including phenoxy) is 2. The van der Waals surface area contributed by atoms with Crippen LogP contribution in [0.15, 0.2) is 24.3 Å². The van der Waals surface area contributed by atoms with Crippen molar-refractivity contribution in [3.8, 4) is 5.75 Å². The van der Waals surface area contributed by atoms with E-state index in [1.165, 1.54) is 0 Å². The van der Waals surface area contributed by atoms with Crippen LogP contribution < -0.4 is 15.8 Å². The molecule has 0 heterocycles. The van der Waals surface area contributed by atoms with Crippen molar-refractivity contribution >= 4 is 5.91 Å². The molecule has 5 heteroatoms. The van der Waals surface area contributed by atoms with Crippen LogP contribution in [0.5, 0.6) is 5.75 Å². The number of hydrogen-bond donors (Lipinski definition) is 2. The number of para-hydroxylation sites is 1. The first-order valence-electron chi connectivity index (χ1n) is 8.06. The molecule has 22 heavy (non-hydrogen) atoms. The van der Waals surface area contributed by atoms with Gasteiger partial charge in [-0.05, 0) is 44.7 Å². The summed E-state index contributed by atoms with van der Waals surface area (Å²) >= 11 is 0. The van der Waals surface area contributed by atoms with Crippen LogP contribution >= 0.6 is 0 Å². The van der Waals surface area contributed by atoms with Crippen LogP contribution in [0.4, 0.5) is 0 Å². The highest BCUT2D eigenvalue weighted by Gasteiger charge is 2.21. The Morgan fingerprint density at radius 1 is 1.23 bits per heavy atom. The zero-order valence-electron chi connectivity index (χ0n) is 13.2. The molecule has 1 aliphatic carbocycles. The van der Waals surface area contributed by atoms with E-state index in [4.69, 9.17) is 15.2 Å². The Hall–Kier alpha value is -1.59. The maximum Gasteiger partial charge on any atom is 0.255 e. The second-order valence-corrected chi connectivity index (χ2v) is 5.63. The highest BCUT2D eigenvalue weighted by atomic mass is 16.5. The monoisotopic (exact) mass is 306 g/mol. The van der Waals surface area contributed by atoms with E-state index >= 15 is 0 Å². The number of carbonyl (C=O) groups is 1. The number of benzene rings is 1. The Morgan fingerprint density at radius 2 is 1.95 bits per heavy atom. The van der Waals surface area contributed by atoms with Gasteiger partial charge in [0, 0.05) is 18.7 Å². The van der Waals surface area contributed by atoms with Gasteiger partial charge in [0.05, 0.1) is 12.2 Å². The lowest BCUT2D eigenvalue weighted by molar-refractivity contribution is 0.0910. The molecule has 0 saturated heterocycles.